The van der Waals surface area contributed by atoms with Crippen molar-refractivity contribution in [3.8, 4) is 0 Å². The van der Waals surface area contributed by atoms with Crippen LogP contribution in [0.25, 0.3) is 0 Å². The largest absolute Gasteiger partial charge is 0.350 e. The second-order valence-corrected chi connectivity index (χ2v) is 5.68. The third-order valence-corrected chi connectivity index (χ3v) is 4.55. The average molecular weight is 198 g/mol. The minimum atomic E-state index is 0.477. The molecule has 0 amide bonds. The van der Waals surface area contributed by atoms with E-state index in [0.717, 1.165) is 18.3 Å². The molecule has 0 bridgehead atoms. The summed E-state index contributed by atoms with van der Waals surface area (Å²) in [5.41, 5.74) is 0. The van der Waals surface area contributed by atoms with Crippen LogP contribution >= 0.6 is 11.8 Å². The Kier molecular flexibility index (Phi) is 2.54. The summed E-state index contributed by atoms with van der Waals surface area (Å²) in [7, 11) is 0. The van der Waals surface area contributed by atoms with Gasteiger partial charge in [-0.25, -0.2) is 0 Å². The molecular weight excluding hydrogens is 180 g/mol. The van der Waals surface area contributed by atoms with Crippen LogP contribution in [-0.2, 0) is 0 Å². The first-order chi connectivity index (χ1) is 6.26. The maximum atomic E-state index is 7.87. The van der Waals surface area contributed by atoms with E-state index >= 15 is 0 Å². The van der Waals surface area contributed by atoms with E-state index in [1.807, 2.05) is 11.8 Å². The Bertz CT molecular complexity index is 211. The van der Waals surface area contributed by atoms with Gasteiger partial charge in [-0.15, -0.1) is 0 Å². The number of thioether (sulfide) groups is 1. The third-order valence-electron chi connectivity index (χ3n) is 3.13. The fraction of sp³-hybridized carbons (Fsp3) is 0.900. The Morgan fingerprint density at radius 1 is 1.54 bits per heavy atom. The molecule has 0 unspecified atom stereocenters. The van der Waals surface area contributed by atoms with Gasteiger partial charge in [-0.05, 0) is 19.3 Å². The number of nitrogens with one attached hydrogen (secondary N) is 1. The first-order valence-electron chi connectivity index (χ1n) is 5.28. The zero-order valence-corrected chi connectivity index (χ0v) is 9.12. The summed E-state index contributed by atoms with van der Waals surface area (Å²) in [6.45, 7) is 4.46. The average Bonchev–Trinajstić information content (AvgIpc) is 2.39. The highest BCUT2D eigenvalue weighted by Crippen LogP contribution is 2.49. The van der Waals surface area contributed by atoms with Gasteiger partial charge in [0.1, 0.15) is 0 Å². The van der Waals surface area contributed by atoms with Crippen LogP contribution in [0, 0.1) is 5.41 Å². The molecule has 1 heterocycles. The van der Waals surface area contributed by atoms with Crippen molar-refractivity contribution in [3.05, 3.63) is 0 Å². The van der Waals surface area contributed by atoms with E-state index in [9.17, 15) is 0 Å². The lowest BCUT2D eigenvalue weighted by Crippen LogP contribution is -2.38. The molecular formula is C10H18N2S. The van der Waals surface area contributed by atoms with Gasteiger partial charge in [0.25, 0.3) is 0 Å². The lowest BCUT2D eigenvalue weighted by molar-refractivity contribution is 0.288. The minimum absolute atomic E-state index is 0.477. The highest BCUT2D eigenvalue weighted by atomic mass is 32.2. The number of hydrogen-bond donors (Lipinski definition) is 1. The zero-order chi connectivity index (χ0) is 9.31. The lowest BCUT2D eigenvalue weighted by atomic mass is 9.84. The van der Waals surface area contributed by atoms with Crippen LogP contribution in [0.4, 0.5) is 0 Å². The van der Waals surface area contributed by atoms with Gasteiger partial charge in [0.2, 0.25) is 0 Å². The predicted octanol–water partition coefficient (Wildman–Crippen LogP) is 2.69. The Morgan fingerprint density at radius 2 is 2.31 bits per heavy atom. The highest BCUT2D eigenvalue weighted by Gasteiger charge is 2.46. The van der Waals surface area contributed by atoms with Crippen LogP contribution in [0.5, 0.6) is 0 Å². The number of hydrogen-bond acceptors (Lipinski definition) is 2. The van der Waals surface area contributed by atoms with E-state index in [1.165, 1.54) is 32.1 Å². The number of amidine groups is 1. The Morgan fingerprint density at radius 3 is 2.77 bits per heavy atom. The van der Waals surface area contributed by atoms with Gasteiger partial charge in [-0.3, -0.25) is 5.41 Å². The van der Waals surface area contributed by atoms with Gasteiger partial charge in [-0.2, -0.15) is 0 Å². The van der Waals surface area contributed by atoms with Crippen LogP contribution in [-0.4, -0.2) is 27.9 Å². The second kappa shape index (κ2) is 3.52. The Hall–Kier alpha value is -0.180. The van der Waals surface area contributed by atoms with Crippen molar-refractivity contribution in [2.75, 3.05) is 13.1 Å². The molecule has 1 saturated carbocycles. The highest BCUT2D eigenvalue weighted by molar-refractivity contribution is 8.15. The van der Waals surface area contributed by atoms with E-state index in [2.05, 4.69) is 11.8 Å². The van der Waals surface area contributed by atoms with Crippen LogP contribution in [0.15, 0.2) is 0 Å². The van der Waals surface area contributed by atoms with E-state index in [-0.39, 0.29) is 0 Å². The van der Waals surface area contributed by atoms with Crippen LogP contribution in [0.2, 0.25) is 0 Å². The molecule has 3 heteroatoms. The van der Waals surface area contributed by atoms with Crippen molar-refractivity contribution in [3.63, 3.8) is 0 Å². The van der Waals surface area contributed by atoms with Crippen molar-refractivity contribution >= 4 is 16.9 Å². The van der Waals surface area contributed by atoms with Crippen LogP contribution < -0.4 is 0 Å². The topological polar surface area (TPSA) is 27.1 Å². The van der Waals surface area contributed by atoms with Gasteiger partial charge in [0, 0.05) is 17.8 Å². The first-order valence-corrected chi connectivity index (χ1v) is 6.10. The fourth-order valence-electron chi connectivity index (χ4n) is 2.08. The molecule has 1 spiro atoms. The number of nitrogens with zero attached hydrogens (tertiary/aromatic N) is 1. The molecule has 0 aromatic carbocycles. The Labute approximate surface area is 84.6 Å². The predicted molar refractivity (Wildman–Crippen MR) is 58.4 cm³/mol. The van der Waals surface area contributed by atoms with Gasteiger partial charge in [0.15, 0.2) is 5.17 Å². The first kappa shape index (κ1) is 9.38. The summed E-state index contributed by atoms with van der Waals surface area (Å²) < 4.78 is 0.477. The molecule has 2 fully saturated rings. The number of unbranched alkanes of at least 4 members (excludes halogenated alkanes) is 1. The maximum absolute atomic E-state index is 7.87. The molecule has 13 heavy (non-hydrogen) atoms. The lowest BCUT2D eigenvalue weighted by Gasteiger charge is -2.36. The third kappa shape index (κ3) is 1.71. The molecule has 2 nitrogen and oxygen atoms in total. The molecule has 0 atom stereocenters. The minimum Gasteiger partial charge on any atom is -0.350 e. The van der Waals surface area contributed by atoms with Crippen molar-refractivity contribution in [2.24, 2.45) is 0 Å². The molecule has 0 aromatic rings. The standard InChI is InChI=1S/C10H18N2S/c1-2-3-7-12-8-10(5-4-6-10)13-9(12)11/h11H,2-8H2,1H3. The van der Waals surface area contributed by atoms with Crippen molar-refractivity contribution < 1.29 is 0 Å². The van der Waals surface area contributed by atoms with E-state index in [4.69, 9.17) is 5.41 Å². The molecule has 74 valence electrons. The summed E-state index contributed by atoms with van der Waals surface area (Å²) in [6.07, 6.45) is 6.52. The molecule has 2 aliphatic rings. The monoisotopic (exact) mass is 198 g/mol. The molecule has 1 saturated heterocycles. The summed E-state index contributed by atoms with van der Waals surface area (Å²) >= 11 is 1.82. The molecule has 1 aliphatic heterocycles. The molecule has 0 aromatic heterocycles. The van der Waals surface area contributed by atoms with E-state index in [0.29, 0.717) is 4.75 Å². The molecule has 1 aliphatic carbocycles. The van der Waals surface area contributed by atoms with Crippen molar-refractivity contribution in [1.29, 1.82) is 5.41 Å². The summed E-state index contributed by atoms with van der Waals surface area (Å²) in [5, 5.41) is 8.69. The van der Waals surface area contributed by atoms with Gasteiger partial charge >= 0.3 is 0 Å². The van der Waals surface area contributed by atoms with Gasteiger partial charge in [-0.1, -0.05) is 31.5 Å². The fourth-order valence-corrected chi connectivity index (χ4v) is 3.49. The van der Waals surface area contributed by atoms with Crippen LogP contribution in [0.1, 0.15) is 39.0 Å². The second-order valence-electron chi connectivity index (χ2n) is 4.22. The Balaban J connectivity index is 1.88. The van der Waals surface area contributed by atoms with Crippen molar-refractivity contribution in [2.45, 2.75) is 43.8 Å². The summed E-state index contributed by atoms with van der Waals surface area (Å²) in [6, 6.07) is 0. The van der Waals surface area contributed by atoms with Crippen LogP contribution in [0.3, 0.4) is 0 Å². The normalized spacial score (nSPS) is 25.3. The van der Waals surface area contributed by atoms with Gasteiger partial charge in [0.05, 0.1) is 0 Å². The summed E-state index contributed by atoms with van der Waals surface area (Å²) in [5.74, 6) is 0. The number of rotatable bonds is 3. The maximum Gasteiger partial charge on any atom is 0.156 e. The molecule has 0 radical (unpaired) electrons. The SMILES string of the molecule is CCCCN1CC2(CCC2)SC1=N. The van der Waals surface area contributed by atoms with Gasteiger partial charge < -0.3 is 4.90 Å². The van der Waals surface area contributed by atoms with E-state index < -0.39 is 0 Å². The van der Waals surface area contributed by atoms with E-state index in [1.54, 1.807) is 0 Å². The zero-order valence-electron chi connectivity index (χ0n) is 8.31. The molecule has 1 N–H and O–H groups in total. The smallest absolute Gasteiger partial charge is 0.156 e. The quantitative estimate of drug-likeness (QED) is 0.755. The molecule has 2 rings (SSSR count). The summed E-state index contributed by atoms with van der Waals surface area (Å²) in [4.78, 5) is 2.27. The van der Waals surface area contributed by atoms with Crippen molar-refractivity contribution in [1.82, 2.24) is 4.90 Å².